The summed E-state index contributed by atoms with van der Waals surface area (Å²) < 4.78 is 1.57. The fourth-order valence-electron chi connectivity index (χ4n) is 2.02. The average Bonchev–Trinajstić information content (AvgIpc) is 3.18. The molecule has 2 aromatic rings. The zero-order valence-electron chi connectivity index (χ0n) is 11.5. The van der Waals surface area contributed by atoms with Gasteiger partial charge in [-0.3, -0.25) is 19.5 Å². The van der Waals surface area contributed by atoms with Crippen molar-refractivity contribution < 1.29 is 14.7 Å². The lowest BCUT2D eigenvalue weighted by Gasteiger charge is -2.07. The standard InChI is InChI=1S/C13H14N4O4S/c18-8-3-9(22-5-7-1-2-7)17-12(15-6-16-17)11(8)13(21)14-4-10(19)20/h3,6-7H,1-2,4-5H2,(H,14,21)(H,15,16)(H,19,20). The van der Waals surface area contributed by atoms with E-state index in [0.717, 1.165) is 5.75 Å². The first-order chi connectivity index (χ1) is 10.6. The van der Waals surface area contributed by atoms with Gasteiger partial charge in [0.15, 0.2) is 11.1 Å². The predicted octanol–water partition coefficient (Wildman–Crippen LogP) is 0.339. The molecule has 0 bridgehead atoms. The molecule has 1 aliphatic rings. The first-order valence-corrected chi connectivity index (χ1v) is 7.76. The molecule has 22 heavy (non-hydrogen) atoms. The molecule has 1 saturated carbocycles. The van der Waals surface area contributed by atoms with Gasteiger partial charge in [-0.05, 0) is 18.8 Å². The monoisotopic (exact) mass is 322 g/mol. The number of nitrogens with zero attached hydrogens (tertiary/aromatic N) is 2. The number of aliphatic carboxylic acids is 1. The Bertz CT molecular complexity index is 793. The third-order valence-corrected chi connectivity index (χ3v) is 4.56. The zero-order chi connectivity index (χ0) is 15.7. The van der Waals surface area contributed by atoms with Crippen LogP contribution in [0.2, 0.25) is 0 Å². The van der Waals surface area contributed by atoms with Crippen molar-refractivity contribution in [3.8, 4) is 0 Å². The quantitative estimate of drug-likeness (QED) is 0.660. The lowest BCUT2D eigenvalue weighted by molar-refractivity contribution is -0.135. The van der Waals surface area contributed by atoms with E-state index in [0.29, 0.717) is 10.9 Å². The molecule has 2 heterocycles. The number of aromatic amines is 1. The Kier molecular flexibility index (Phi) is 3.88. The maximum Gasteiger partial charge on any atom is 0.322 e. The zero-order valence-corrected chi connectivity index (χ0v) is 12.4. The molecule has 9 heteroatoms. The van der Waals surface area contributed by atoms with Crippen LogP contribution >= 0.6 is 11.8 Å². The molecule has 0 aliphatic heterocycles. The number of rotatable bonds is 6. The Labute approximate surface area is 128 Å². The fraction of sp³-hybridized carbons (Fsp3) is 0.385. The van der Waals surface area contributed by atoms with E-state index >= 15 is 0 Å². The molecule has 0 spiro atoms. The average molecular weight is 322 g/mol. The lowest BCUT2D eigenvalue weighted by atomic mass is 10.2. The van der Waals surface area contributed by atoms with Crippen molar-refractivity contribution in [2.45, 2.75) is 17.9 Å². The highest BCUT2D eigenvalue weighted by atomic mass is 32.2. The SMILES string of the molecule is O=C(O)CNC(=O)c1c(=O)cc(SCC2CC2)n2[nH]cnc12. The highest BCUT2D eigenvalue weighted by molar-refractivity contribution is 7.99. The Morgan fingerprint density at radius 2 is 2.27 bits per heavy atom. The molecule has 1 aliphatic carbocycles. The molecule has 0 radical (unpaired) electrons. The van der Waals surface area contributed by atoms with Crippen molar-refractivity contribution in [3.05, 3.63) is 28.2 Å². The predicted molar refractivity (Wildman–Crippen MR) is 79.2 cm³/mol. The van der Waals surface area contributed by atoms with E-state index < -0.39 is 23.9 Å². The second-order valence-corrected chi connectivity index (χ2v) is 6.14. The molecule has 1 fully saturated rings. The topological polar surface area (TPSA) is 117 Å². The van der Waals surface area contributed by atoms with Crippen LogP contribution in [0, 0.1) is 5.92 Å². The summed E-state index contributed by atoms with van der Waals surface area (Å²) in [6, 6.07) is 1.38. The molecule has 0 atom stereocenters. The largest absolute Gasteiger partial charge is 0.480 e. The van der Waals surface area contributed by atoms with Crippen LogP contribution in [0.1, 0.15) is 23.2 Å². The minimum atomic E-state index is -1.18. The van der Waals surface area contributed by atoms with Gasteiger partial charge < -0.3 is 10.4 Å². The van der Waals surface area contributed by atoms with Crippen LogP contribution < -0.4 is 10.7 Å². The molecule has 3 N–H and O–H groups in total. The molecule has 1 amide bonds. The number of carboxylic acid groups (broad SMARTS) is 1. The summed E-state index contributed by atoms with van der Waals surface area (Å²) in [6.45, 7) is -0.549. The van der Waals surface area contributed by atoms with Crippen LogP contribution in [-0.4, -0.2) is 43.9 Å². The summed E-state index contributed by atoms with van der Waals surface area (Å²) in [5.41, 5.74) is -0.416. The van der Waals surface area contributed by atoms with Crippen LogP contribution in [-0.2, 0) is 4.79 Å². The van der Waals surface area contributed by atoms with E-state index in [-0.39, 0.29) is 11.2 Å². The molecule has 2 aromatic heterocycles. The number of pyridine rings is 1. The normalized spacial score (nSPS) is 14.2. The van der Waals surface area contributed by atoms with Crippen molar-refractivity contribution >= 4 is 29.3 Å². The number of carboxylic acids is 1. The molecule has 0 unspecified atom stereocenters. The molecule has 116 valence electrons. The number of fused-ring (bicyclic) bond motifs is 1. The van der Waals surface area contributed by atoms with Gasteiger partial charge in [-0.15, -0.1) is 11.8 Å². The Morgan fingerprint density at radius 3 is 2.95 bits per heavy atom. The minimum absolute atomic E-state index is 0.154. The molecular formula is C13H14N4O4S. The Hall–Kier alpha value is -2.29. The van der Waals surface area contributed by atoms with Crippen molar-refractivity contribution in [1.82, 2.24) is 19.9 Å². The molecule has 8 nitrogen and oxygen atoms in total. The number of thioether (sulfide) groups is 1. The number of carbonyl (C=O) groups is 2. The summed E-state index contributed by atoms with van der Waals surface area (Å²) in [4.78, 5) is 38.8. The second kappa shape index (κ2) is 5.84. The lowest BCUT2D eigenvalue weighted by Crippen LogP contribution is -2.33. The van der Waals surface area contributed by atoms with Crippen molar-refractivity contribution in [2.24, 2.45) is 5.92 Å². The van der Waals surface area contributed by atoms with E-state index in [2.05, 4.69) is 15.4 Å². The number of nitrogens with one attached hydrogen (secondary N) is 2. The number of hydrogen-bond acceptors (Lipinski definition) is 5. The number of carbonyl (C=O) groups excluding carboxylic acids is 1. The summed E-state index contributed by atoms with van der Waals surface area (Å²) in [7, 11) is 0. The van der Waals surface area contributed by atoms with E-state index in [4.69, 9.17) is 5.11 Å². The van der Waals surface area contributed by atoms with Gasteiger partial charge in [-0.25, -0.2) is 9.50 Å². The third kappa shape index (κ3) is 2.98. The summed E-state index contributed by atoms with van der Waals surface area (Å²) in [5.74, 6) is -0.304. The van der Waals surface area contributed by atoms with E-state index in [1.807, 2.05) is 0 Å². The highest BCUT2D eigenvalue weighted by Gasteiger charge is 2.23. The van der Waals surface area contributed by atoms with Gasteiger partial charge >= 0.3 is 5.97 Å². The summed E-state index contributed by atoms with van der Waals surface area (Å²) in [5, 5.41) is 14.4. The van der Waals surface area contributed by atoms with Gasteiger partial charge in [0.25, 0.3) is 5.91 Å². The van der Waals surface area contributed by atoms with Gasteiger partial charge in [0, 0.05) is 11.8 Å². The van der Waals surface area contributed by atoms with Crippen molar-refractivity contribution in [3.63, 3.8) is 0 Å². The summed E-state index contributed by atoms with van der Waals surface area (Å²) >= 11 is 1.54. The van der Waals surface area contributed by atoms with Crippen LogP contribution in [0.15, 0.2) is 22.2 Å². The van der Waals surface area contributed by atoms with Gasteiger partial charge in [0.1, 0.15) is 23.5 Å². The maximum atomic E-state index is 12.2. The number of H-pyrrole nitrogens is 1. The van der Waals surface area contributed by atoms with Gasteiger partial charge in [0.2, 0.25) is 0 Å². The minimum Gasteiger partial charge on any atom is -0.480 e. The van der Waals surface area contributed by atoms with Gasteiger partial charge in [-0.1, -0.05) is 0 Å². The number of aromatic nitrogens is 3. The van der Waals surface area contributed by atoms with E-state index in [1.165, 1.54) is 25.2 Å². The smallest absolute Gasteiger partial charge is 0.322 e. The molecule has 0 saturated heterocycles. The van der Waals surface area contributed by atoms with Crippen LogP contribution in [0.25, 0.3) is 5.65 Å². The maximum absolute atomic E-state index is 12.2. The highest BCUT2D eigenvalue weighted by Crippen LogP contribution is 2.34. The molecule has 0 aromatic carbocycles. The molecular weight excluding hydrogens is 308 g/mol. The van der Waals surface area contributed by atoms with Gasteiger partial charge in [0.05, 0.1) is 0 Å². The number of amides is 1. The first kappa shape index (κ1) is 14.6. The summed E-state index contributed by atoms with van der Waals surface area (Å²) in [6.07, 6.45) is 3.82. The van der Waals surface area contributed by atoms with E-state index in [1.54, 1.807) is 16.3 Å². The van der Waals surface area contributed by atoms with Crippen molar-refractivity contribution in [1.29, 1.82) is 0 Å². The Balaban J connectivity index is 1.93. The first-order valence-electron chi connectivity index (χ1n) is 6.78. The molecule has 3 rings (SSSR count). The van der Waals surface area contributed by atoms with Crippen molar-refractivity contribution in [2.75, 3.05) is 12.3 Å². The van der Waals surface area contributed by atoms with E-state index in [9.17, 15) is 14.4 Å². The Morgan fingerprint density at radius 1 is 1.50 bits per heavy atom. The number of hydrogen-bond donors (Lipinski definition) is 3. The third-order valence-electron chi connectivity index (χ3n) is 3.32. The second-order valence-electron chi connectivity index (χ2n) is 5.10. The fourth-order valence-corrected chi connectivity index (χ4v) is 3.22. The van der Waals surface area contributed by atoms with Gasteiger partial charge in [-0.2, -0.15) is 0 Å². The van der Waals surface area contributed by atoms with Crippen LogP contribution in [0.3, 0.4) is 0 Å². The van der Waals surface area contributed by atoms with Crippen LogP contribution in [0.5, 0.6) is 0 Å². The van der Waals surface area contributed by atoms with Crippen LogP contribution in [0.4, 0.5) is 0 Å².